The molecule has 0 fully saturated rings. The molecule has 0 saturated carbocycles. The minimum absolute atomic E-state index is 0.336. The first-order valence-corrected chi connectivity index (χ1v) is 33.2. The molecule has 0 atom stereocenters. The Kier molecular flexibility index (Phi) is 14.5. The van der Waals surface area contributed by atoms with Gasteiger partial charge in [0, 0.05) is 56.1 Å². The Hall–Kier alpha value is -12.7. The van der Waals surface area contributed by atoms with Crippen LogP contribution in [-0.2, 0) is 10.8 Å². The molecule has 7 nitrogen and oxygen atoms in total. The second kappa shape index (κ2) is 23.6. The maximum Gasteiger partial charge on any atom is 0.252 e. The number of benzene rings is 13. The van der Waals surface area contributed by atoms with Crippen LogP contribution < -0.4 is 26.2 Å². The van der Waals surface area contributed by atoms with Crippen LogP contribution >= 0.6 is 0 Å². The van der Waals surface area contributed by atoms with E-state index < -0.39 is 6.71 Å². The minimum Gasteiger partial charge on any atom is -0.318 e. The van der Waals surface area contributed by atoms with Crippen molar-refractivity contribution in [1.29, 1.82) is 15.8 Å². The largest absolute Gasteiger partial charge is 0.318 e. The van der Waals surface area contributed by atoms with Gasteiger partial charge in [-0.2, -0.15) is 15.8 Å². The van der Waals surface area contributed by atoms with E-state index >= 15 is 0 Å². The van der Waals surface area contributed by atoms with Crippen LogP contribution in [0.15, 0.2) is 279 Å². The van der Waals surface area contributed by atoms with Crippen molar-refractivity contribution in [2.24, 2.45) is 0 Å². The Morgan fingerprint density at radius 2 is 0.714 bits per heavy atom. The molecule has 0 saturated heterocycles. The molecule has 0 spiro atoms. The predicted molar refractivity (Wildman–Crippen MR) is 405 cm³/mol. The van der Waals surface area contributed by atoms with Gasteiger partial charge in [0.2, 0.25) is 5.69 Å². The second-order valence-electron chi connectivity index (χ2n) is 27.7. The normalized spacial score (nSPS) is 12.3. The lowest BCUT2D eigenvalue weighted by Crippen LogP contribution is -2.61. The zero-order chi connectivity index (χ0) is 67.1. The van der Waals surface area contributed by atoms with E-state index in [9.17, 15) is 22.4 Å². The fourth-order valence-electron chi connectivity index (χ4n) is 15.0. The van der Waals surface area contributed by atoms with E-state index in [4.69, 9.17) is 0 Å². The standard InChI is InChI=1S/C90H64BN7/c1-89(2,3)68-44-67(56-94)85-75(49-68)76-50-69(90(4,5)6)51-79(95-7)88(76)96(85)70-52-82-84-83(53-70)98(87-73(63-34-22-12-23-35-63)47-66(60-28-16-9-17-29-60)48-74(87)64-36-24-13-25-37-64)81-41-39-58(55-93)43-78(81)91(84)77-42-57(54-92)38-40-80(77)97(82)86-71(61-30-18-10-19-31-61)45-65(59-26-14-8-15-27-59)46-72(86)62-32-20-11-21-33-62/h8-53H,1-6H3. The first-order chi connectivity index (χ1) is 47.7. The molecule has 0 aliphatic carbocycles. The fraction of sp³-hybridized carbons (Fsp3) is 0.0889. The van der Waals surface area contributed by atoms with E-state index in [1.807, 2.05) is 24.3 Å². The summed E-state index contributed by atoms with van der Waals surface area (Å²) in [4.78, 5) is 9.34. The summed E-state index contributed by atoms with van der Waals surface area (Å²) in [5.41, 5.74) is 25.4. The number of nitrogens with zero attached hydrogens (tertiary/aromatic N) is 7. The molecule has 1 aromatic heterocycles. The molecule has 14 aromatic rings. The molecule has 8 heteroatoms. The van der Waals surface area contributed by atoms with E-state index in [2.05, 4.69) is 334 Å². The lowest BCUT2D eigenvalue weighted by Gasteiger charge is -2.46. The SMILES string of the molecule is [C-]#[N+]c1cc(C(C)(C)C)cc2c3cc(C(C)(C)C)cc(C#N)c3n(-c3cc4c5c(c3)N(c3c(-c6ccccc6)cc(-c6ccccc6)cc3-c3ccccc3)c3ccc(C#N)cc3B5c3cc(C#N)ccc3N4c3c(-c4ccccc4)cc(-c4ccccc4)cc3-c3ccccc3)c12. The van der Waals surface area contributed by atoms with Crippen molar-refractivity contribution in [3.05, 3.63) is 318 Å². The summed E-state index contributed by atoms with van der Waals surface area (Å²) >= 11 is 0. The maximum atomic E-state index is 11.8. The van der Waals surface area contributed by atoms with Gasteiger partial charge in [0.05, 0.1) is 57.8 Å². The fourth-order valence-corrected chi connectivity index (χ4v) is 15.0. The van der Waals surface area contributed by atoms with Crippen LogP contribution in [0.1, 0.15) is 69.4 Å². The van der Waals surface area contributed by atoms with E-state index in [1.165, 1.54) is 0 Å². The van der Waals surface area contributed by atoms with E-state index in [1.54, 1.807) is 0 Å². The van der Waals surface area contributed by atoms with Crippen molar-refractivity contribution < 1.29 is 0 Å². The molecule has 0 amide bonds. The number of hydrogen-bond acceptors (Lipinski definition) is 5. The van der Waals surface area contributed by atoms with Gasteiger partial charge in [-0.1, -0.05) is 241 Å². The highest BCUT2D eigenvalue weighted by atomic mass is 15.2. The van der Waals surface area contributed by atoms with Crippen LogP contribution in [0.2, 0.25) is 0 Å². The third-order valence-electron chi connectivity index (χ3n) is 19.7. The molecule has 3 heterocycles. The molecule has 0 unspecified atom stereocenters. The average Bonchev–Trinajstić information content (AvgIpc) is 0.851. The van der Waals surface area contributed by atoms with Crippen LogP contribution in [0, 0.1) is 40.6 Å². The van der Waals surface area contributed by atoms with Gasteiger partial charge < -0.3 is 14.4 Å². The van der Waals surface area contributed by atoms with Gasteiger partial charge in [0.25, 0.3) is 6.71 Å². The summed E-state index contributed by atoms with van der Waals surface area (Å²) in [5.74, 6) is 0. The van der Waals surface area contributed by atoms with Crippen molar-refractivity contribution in [3.8, 4) is 90.7 Å². The first kappa shape index (κ1) is 60.2. The van der Waals surface area contributed by atoms with Gasteiger partial charge in [-0.05, 0) is 168 Å². The Morgan fingerprint density at radius 1 is 0.357 bits per heavy atom. The van der Waals surface area contributed by atoms with E-state index in [-0.39, 0.29) is 10.8 Å². The lowest BCUT2D eigenvalue weighted by molar-refractivity contribution is 0.590. The quantitative estimate of drug-likeness (QED) is 0.106. The first-order valence-electron chi connectivity index (χ1n) is 33.2. The van der Waals surface area contributed by atoms with Crippen molar-refractivity contribution in [2.45, 2.75) is 52.4 Å². The van der Waals surface area contributed by atoms with Gasteiger partial charge in [0.1, 0.15) is 6.07 Å². The van der Waals surface area contributed by atoms with E-state index in [0.717, 1.165) is 145 Å². The number of nitriles is 3. The van der Waals surface area contributed by atoms with Gasteiger partial charge in [0.15, 0.2) is 0 Å². The van der Waals surface area contributed by atoms with E-state index in [0.29, 0.717) is 33.4 Å². The molecule has 2 aliphatic rings. The summed E-state index contributed by atoms with van der Waals surface area (Å²) < 4.78 is 2.21. The van der Waals surface area contributed by atoms with Crippen LogP contribution in [0.4, 0.5) is 39.8 Å². The molecule has 0 N–H and O–H groups in total. The monoisotopic (exact) mass is 1250 g/mol. The topological polar surface area (TPSA) is 87.1 Å². The minimum atomic E-state index is -0.559. The number of rotatable bonds is 9. The molecule has 13 aromatic carbocycles. The Labute approximate surface area is 572 Å². The molecule has 2 aliphatic heterocycles. The lowest BCUT2D eigenvalue weighted by atomic mass is 9.33. The molecular weight excluding hydrogens is 1190 g/mol. The third-order valence-corrected chi connectivity index (χ3v) is 19.7. The Morgan fingerprint density at radius 3 is 1.06 bits per heavy atom. The van der Waals surface area contributed by atoms with Crippen LogP contribution in [-0.4, -0.2) is 11.3 Å². The molecule has 462 valence electrons. The van der Waals surface area contributed by atoms with Crippen molar-refractivity contribution >= 4 is 84.7 Å². The van der Waals surface area contributed by atoms with Gasteiger partial charge in [-0.15, -0.1) is 0 Å². The molecular formula is C90H64BN7. The second-order valence-corrected chi connectivity index (χ2v) is 27.7. The van der Waals surface area contributed by atoms with Crippen LogP contribution in [0.5, 0.6) is 0 Å². The van der Waals surface area contributed by atoms with Gasteiger partial charge >= 0.3 is 0 Å². The summed E-state index contributed by atoms with van der Waals surface area (Å²) in [7, 11) is 0. The predicted octanol–water partition coefficient (Wildman–Crippen LogP) is 21.6. The van der Waals surface area contributed by atoms with Crippen molar-refractivity contribution in [1.82, 2.24) is 4.57 Å². The van der Waals surface area contributed by atoms with Gasteiger partial charge in [-0.25, -0.2) is 4.85 Å². The zero-order valence-electron chi connectivity index (χ0n) is 55.3. The Balaban J connectivity index is 1.16. The zero-order valence-corrected chi connectivity index (χ0v) is 55.3. The van der Waals surface area contributed by atoms with Crippen LogP contribution in [0.3, 0.4) is 0 Å². The summed E-state index contributed by atoms with van der Waals surface area (Å²) in [6.07, 6.45) is 0. The third kappa shape index (κ3) is 10.0. The molecule has 0 bridgehead atoms. The number of aromatic nitrogens is 1. The highest BCUT2D eigenvalue weighted by Gasteiger charge is 2.46. The molecule has 16 rings (SSSR count). The molecule has 0 radical (unpaired) electrons. The van der Waals surface area contributed by atoms with Gasteiger partial charge in [-0.3, -0.25) is 0 Å². The summed E-state index contributed by atoms with van der Waals surface area (Å²) in [6, 6.07) is 106. The van der Waals surface area contributed by atoms with Crippen molar-refractivity contribution in [3.63, 3.8) is 0 Å². The average molecular weight is 1250 g/mol. The van der Waals surface area contributed by atoms with Crippen molar-refractivity contribution in [2.75, 3.05) is 9.80 Å². The highest BCUT2D eigenvalue weighted by molar-refractivity contribution is 7.00. The Bertz CT molecular complexity index is 5270. The maximum absolute atomic E-state index is 11.8. The van der Waals surface area contributed by atoms with Crippen LogP contribution in [0.25, 0.3) is 99.1 Å². The smallest absolute Gasteiger partial charge is 0.252 e. The number of anilines is 6. The summed E-state index contributed by atoms with van der Waals surface area (Å²) in [6.45, 7) is 21.8. The summed E-state index contributed by atoms with van der Waals surface area (Å²) in [5, 5.41) is 36.0. The number of fused-ring (bicyclic) bond motifs is 7. The number of hydrogen-bond donors (Lipinski definition) is 0. The highest BCUT2D eigenvalue weighted by Crippen LogP contribution is 2.56. The molecule has 98 heavy (non-hydrogen) atoms.